The zero-order valence-electron chi connectivity index (χ0n) is 11.8. The van der Waals surface area contributed by atoms with Crippen LogP contribution in [0.3, 0.4) is 0 Å². The standard InChI is InChI=1S/C9H9N3O2.C4H11N/c1-9(2)5(3-10)7(13)12-8(14)6(9)4-11;1-3-5-4-2/h5-6H,1-2H3,(H,12,13,14);5H,3-4H2,1-2H3. The van der Waals surface area contributed by atoms with E-state index in [4.69, 9.17) is 10.5 Å². The van der Waals surface area contributed by atoms with E-state index in [1.807, 2.05) is 17.5 Å². The Morgan fingerprint density at radius 2 is 1.47 bits per heavy atom. The van der Waals surface area contributed by atoms with Crippen LogP contribution in [0.15, 0.2) is 0 Å². The Bertz CT molecular complexity index is 381. The molecule has 2 amide bonds. The molecule has 6 nitrogen and oxygen atoms in total. The van der Waals surface area contributed by atoms with Crippen molar-refractivity contribution in [2.24, 2.45) is 17.3 Å². The minimum atomic E-state index is -0.954. The maximum absolute atomic E-state index is 11.2. The van der Waals surface area contributed by atoms with Crippen molar-refractivity contribution in [2.45, 2.75) is 27.7 Å². The lowest BCUT2D eigenvalue weighted by Gasteiger charge is -2.36. The number of piperidine rings is 1. The summed E-state index contributed by atoms with van der Waals surface area (Å²) in [7, 11) is 0. The SMILES string of the molecule is CC1(C)C(C#N)C(=O)NC(=O)C1C#N.CCNCC. The number of carbonyl (C=O) groups is 2. The summed E-state index contributed by atoms with van der Waals surface area (Å²) >= 11 is 0. The second-order valence-corrected chi connectivity index (χ2v) is 4.76. The highest BCUT2D eigenvalue weighted by Crippen LogP contribution is 2.37. The van der Waals surface area contributed by atoms with E-state index in [0.717, 1.165) is 13.1 Å². The van der Waals surface area contributed by atoms with E-state index in [1.165, 1.54) is 0 Å². The fraction of sp³-hybridized carbons (Fsp3) is 0.692. The van der Waals surface area contributed by atoms with Gasteiger partial charge in [-0.3, -0.25) is 14.9 Å². The van der Waals surface area contributed by atoms with E-state index in [1.54, 1.807) is 13.8 Å². The molecule has 19 heavy (non-hydrogen) atoms. The van der Waals surface area contributed by atoms with Gasteiger partial charge in [0.1, 0.15) is 11.8 Å². The molecule has 1 aliphatic heterocycles. The highest BCUT2D eigenvalue weighted by Gasteiger charge is 2.50. The predicted molar refractivity (Wildman–Crippen MR) is 69.4 cm³/mol. The maximum atomic E-state index is 11.2. The van der Waals surface area contributed by atoms with Crippen LogP contribution in [0.1, 0.15) is 27.7 Å². The molecule has 0 radical (unpaired) electrons. The molecule has 0 aromatic rings. The minimum Gasteiger partial charge on any atom is -0.317 e. The second kappa shape index (κ2) is 7.50. The lowest BCUT2D eigenvalue weighted by Crippen LogP contribution is -2.55. The number of hydrogen-bond donors (Lipinski definition) is 2. The Labute approximate surface area is 113 Å². The summed E-state index contributed by atoms with van der Waals surface area (Å²) in [6, 6.07) is 3.63. The molecule has 104 valence electrons. The third kappa shape index (κ3) is 4.04. The first kappa shape index (κ1) is 17.1. The monoisotopic (exact) mass is 264 g/mol. The van der Waals surface area contributed by atoms with Gasteiger partial charge in [-0.25, -0.2) is 0 Å². The molecule has 1 fully saturated rings. The van der Waals surface area contributed by atoms with Crippen LogP contribution in [0.2, 0.25) is 0 Å². The van der Waals surface area contributed by atoms with Crippen molar-refractivity contribution in [3.63, 3.8) is 0 Å². The molecule has 0 aromatic heterocycles. The molecule has 1 rings (SSSR count). The van der Waals surface area contributed by atoms with E-state index >= 15 is 0 Å². The summed E-state index contributed by atoms with van der Waals surface area (Å²) in [6.07, 6.45) is 0. The van der Waals surface area contributed by atoms with Crippen LogP contribution in [-0.2, 0) is 9.59 Å². The van der Waals surface area contributed by atoms with E-state index in [2.05, 4.69) is 19.2 Å². The van der Waals surface area contributed by atoms with Gasteiger partial charge in [0, 0.05) is 5.41 Å². The van der Waals surface area contributed by atoms with Gasteiger partial charge in [0.05, 0.1) is 12.1 Å². The van der Waals surface area contributed by atoms with Gasteiger partial charge in [0.15, 0.2) is 0 Å². The molecule has 1 aliphatic rings. The Hall–Kier alpha value is -1.92. The zero-order chi connectivity index (χ0) is 15.1. The van der Waals surface area contributed by atoms with E-state index in [0.29, 0.717) is 0 Å². The summed E-state index contributed by atoms with van der Waals surface area (Å²) in [6.45, 7) is 9.54. The van der Waals surface area contributed by atoms with Crippen LogP contribution in [0.5, 0.6) is 0 Å². The molecule has 2 atom stereocenters. The van der Waals surface area contributed by atoms with Crippen LogP contribution < -0.4 is 10.6 Å². The van der Waals surface area contributed by atoms with Crippen molar-refractivity contribution >= 4 is 11.8 Å². The molecule has 6 heteroatoms. The molecular weight excluding hydrogens is 244 g/mol. The van der Waals surface area contributed by atoms with Gasteiger partial charge >= 0.3 is 0 Å². The third-order valence-corrected chi connectivity index (χ3v) is 3.02. The zero-order valence-corrected chi connectivity index (χ0v) is 11.8. The van der Waals surface area contributed by atoms with Crippen LogP contribution >= 0.6 is 0 Å². The maximum Gasteiger partial charge on any atom is 0.244 e. The van der Waals surface area contributed by atoms with Gasteiger partial charge in [0.2, 0.25) is 11.8 Å². The number of nitriles is 2. The Balaban J connectivity index is 0.000000555. The first-order valence-corrected chi connectivity index (χ1v) is 6.21. The highest BCUT2D eigenvalue weighted by atomic mass is 16.2. The van der Waals surface area contributed by atoms with Crippen molar-refractivity contribution in [1.82, 2.24) is 10.6 Å². The van der Waals surface area contributed by atoms with Gasteiger partial charge in [0.25, 0.3) is 0 Å². The average molecular weight is 264 g/mol. The van der Waals surface area contributed by atoms with Crippen LogP contribution in [0.4, 0.5) is 0 Å². The highest BCUT2D eigenvalue weighted by molar-refractivity contribution is 6.02. The minimum absolute atomic E-state index is 0.617. The first-order valence-electron chi connectivity index (χ1n) is 6.21. The normalized spacial score (nSPS) is 24.3. The summed E-state index contributed by atoms with van der Waals surface area (Å²) in [5.74, 6) is -3.14. The fourth-order valence-electron chi connectivity index (χ4n) is 1.81. The third-order valence-electron chi connectivity index (χ3n) is 3.02. The molecule has 2 N–H and O–H groups in total. The van der Waals surface area contributed by atoms with Crippen molar-refractivity contribution in [2.75, 3.05) is 13.1 Å². The van der Waals surface area contributed by atoms with Crippen molar-refractivity contribution in [3.8, 4) is 12.1 Å². The van der Waals surface area contributed by atoms with Gasteiger partial charge in [-0.15, -0.1) is 0 Å². The van der Waals surface area contributed by atoms with E-state index in [9.17, 15) is 9.59 Å². The Morgan fingerprint density at radius 1 is 1.11 bits per heavy atom. The molecule has 0 aliphatic carbocycles. The van der Waals surface area contributed by atoms with E-state index in [-0.39, 0.29) is 0 Å². The smallest absolute Gasteiger partial charge is 0.244 e. The fourth-order valence-corrected chi connectivity index (χ4v) is 1.81. The van der Waals surface area contributed by atoms with Gasteiger partial charge < -0.3 is 5.32 Å². The summed E-state index contributed by atoms with van der Waals surface area (Å²) in [4.78, 5) is 22.5. The number of amides is 2. The summed E-state index contributed by atoms with van der Waals surface area (Å²) in [5, 5.41) is 22.7. The molecule has 0 spiro atoms. The Morgan fingerprint density at radius 3 is 1.68 bits per heavy atom. The molecule has 0 saturated carbocycles. The van der Waals surface area contributed by atoms with Gasteiger partial charge in [-0.05, 0) is 13.1 Å². The van der Waals surface area contributed by atoms with E-state index < -0.39 is 29.1 Å². The molecule has 0 bridgehead atoms. The van der Waals surface area contributed by atoms with Gasteiger partial charge in [-0.2, -0.15) is 10.5 Å². The van der Waals surface area contributed by atoms with Crippen molar-refractivity contribution in [3.05, 3.63) is 0 Å². The number of hydrogen-bond acceptors (Lipinski definition) is 5. The van der Waals surface area contributed by atoms with Crippen LogP contribution in [-0.4, -0.2) is 24.9 Å². The lowest BCUT2D eigenvalue weighted by atomic mass is 9.67. The van der Waals surface area contributed by atoms with Crippen LogP contribution in [0.25, 0.3) is 0 Å². The molecular formula is C13H20N4O2. The number of imide groups is 1. The number of rotatable bonds is 2. The molecule has 1 heterocycles. The van der Waals surface area contributed by atoms with Crippen molar-refractivity contribution in [1.29, 1.82) is 10.5 Å². The number of carbonyl (C=O) groups excluding carboxylic acids is 2. The number of nitrogens with zero attached hydrogens (tertiary/aromatic N) is 2. The Kier molecular flexibility index (Phi) is 6.74. The largest absolute Gasteiger partial charge is 0.317 e. The molecule has 2 unspecified atom stereocenters. The average Bonchev–Trinajstić information content (AvgIpc) is 2.30. The van der Waals surface area contributed by atoms with Crippen LogP contribution in [0, 0.1) is 39.9 Å². The predicted octanol–water partition coefficient (Wildman–Crippen LogP) is 0.564. The second-order valence-electron chi connectivity index (χ2n) is 4.76. The van der Waals surface area contributed by atoms with Crippen molar-refractivity contribution < 1.29 is 9.59 Å². The molecule has 1 saturated heterocycles. The first-order chi connectivity index (χ1) is 8.86. The summed E-state index contributed by atoms with van der Waals surface area (Å²) in [5.41, 5.74) is -0.928. The topological polar surface area (TPSA) is 106 Å². The summed E-state index contributed by atoms with van der Waals surface area (Å²) < 4.78 is 0. The number of nitrogens with one attached hydrogen (secondary N) is 2. The quantitative estimate of drug-likeness (QED) is 0.709. The van der Waals surface area contributed by atoms with Gasteiger partial charge in [-0.1, -0.05) is 27.7 Å². The molecule has 0 aromatic carbocycles. The lowest BCUT2D eigenvalue weighted by molar-refractivity contribution is -0.143.